The molecule has 0 aliphatic carbocycles. The van der Waals surface area contributed by atoms with Crippen molar-refractivity contribution in [1.82, 2.24) is 14.8 Å². The minimum Gasteiger partial charge on any atom is -0.375 e. The van der Waals surface area contributed by atoms with Gasteiger partial charge >= 0.3 is 0 Å². The Balaban J connectivity index is 2.51. The van der Waals surface area contributed by atoms with Crippen LogP contribution in [0.2, 0.25) is 0 Å². The summed E-state index contributed by atoms with van der Waals surface area (Å²) in [4.78, 5) is 4.19. The molecule has 0 aromatic carbocycles. The fourth-order valence-electron chi connectivity index (χ4n) is 1.26. The number of hydrogen-bond donors (Lipinski definition) is 1. The molecule has 0 fully saturated rings. The van der Waals surface area contributed by atoms with E-state index in [-0.39, 0.29) is 0 Å². The fraction of sp³-hybridized carbons (Fsp3) is 0.250. The normalized spacial score (nSPS) is 10.6. The first kappa shape index (κ1) is 8.25. The Morgan fingerprint density at radius 3 is 2.77 bits per heavy atom. The lowest BCUT2D eigenvalue weighted by Crippen LogP contribution is -1.94. The van der Waals surface area contributed by atoms with Crippen LogP contribution in [0.25, 0.3) is 11.4 Å². The van der Waals surface area contributed by atoms with Crippen LogP contribution in [-0.4, -0.2) is 14.8 Å². The molecule has 2 heterocycles. The highest BCUT2D eigenvalue weighted by Crippen LogP contribution is 2.22. The summed E-state index contributed by atoms with van der Waals surface area (Å²) < 4.78 is 1.81. The van der Waals surface area contributed by atoms with Crippen molar-refractivity contribution in [2.24, 2.45) is 7.05 Å². The summed E-state index contributed by atoms with van der Waals surface area (Å²) in [7, 11) is 1.90. The van der Waals surface area contributed by atoms with Gasteiger partial charge in [-0.05, 0) is 13.0 Å². The minimum atomic E-state index is 0.592. The second kappa shape index (κ2) is 2.85. The van der Waals surface area contributed by atoms with Gasteiger partial charge in [-0.3, -0.25) is 4.68 Å². The maximum atomic E-state index is 5.55. The van der Waals surface area contributed by atoms with Crippen molar-refractivity contribution in [3.05, 3.63) is 17.1 Å². The lowest BCUT2D eigenvalue weighted by Gasteiger charge is -1.94. The number of nitrogens with two attached hydrogens (primary N) is 1. The second-order valence-corrected chi connectivity index (χ2v) is 3.76. The monoisotopic (exact) mass is 194 g/mol. The molecule has 0 spiro atoms. The van der Waals surface area contributed by atoms with E-state index in [0.717, 1.165) is 17.1 Å². The predicted molar refractivity (Wildman–Crippen MR) is 53.5 cm³/mol. The highest BCUT2D eigenvalue weighted by molar-refractivity contribution is 7.13. The van der Waals surface area contributed by atoms with Crippen LogP contribution >= 0.6 is 11.3 Å². The Kier molecular flexibility index (Phi) is 1.81. The van der Waals surface area contributed by atoms with Crippen molar-refractivity contribution in [1.29, 1.82) is 0 Å². The first-order valence-corrected chi connectivity index (χ1v) is 4.77. The fourth-order valence-corrected chi connectivity index (χ4v) is 1.81. The molecule has 2 N–H and O–H groups in total. The van der Waals surface area contributed by atoms with Crippen molar-refractivity contribution in [2.45, 2.75) is 6.92 Å². The number of thiazole rings is 1. The van der Waals surface area contributed by atoms with Gasteiger partial charge in [-0.15, -0.1) is 11.3 Å². The molecule has 13 heavy (non-hydrogen) atoms. The van der Waals surface area contributed by atoms with E-state index < -0.39 is 0 Å². The maximum Gasteiger partial charge on any atom is 0.180 e. The summed E-state index contributed by atoms with van der Waals surface area (Å²) in [6.07, 6.45) is 0. The van der Waals surface area contributed by atoms with E-state index in [4.69, 9.17) is 5.73 Å². The standard InChI is InChI=1S/C8H10N4S/c1-5-3-7(12(2)11-5)6-4-13-8(9)10-6/h3-4H,1-2H3,(H2,9,10). The third-order valence-electron chi connectivity index (χ3n) is 1.79. The molecular weight excluding hydrogens is 184 g/mol. The Labute approximate surface area is 80.0 Å². The average Bonchev–Trinajstić information content (AvgIpc) is 2.58. The van der Waals surface area contributed by atoms with E-state index in [9.17, 15) is 0 Å². The quantitative estimate of drug-likeness (QED) is 0.747. The molecule has 68 valence electrons. The topological polar surface area (TPSA) is 56.7 Å². The van der Waals surface area contributed by atoms with Crippen molar-refractivity contribution in [3.63, 3.8) is 0 Å². The van der Waals surface area contributed by atoms with Crippen LogP contribution in [0.4, 0.5) is 5.13 Å². The lowest BCUT2D eigenvalue weighted by molar-refractivity contribution is 0.762. The van der Waals surface area contributed by atoms with Crippen molar-refractivity contribution < 1.29 is 0 Å². The molecule has 2 aromatic rings. The van der Waals surface area contributed by atoms with Gasteiger partial charge in [0.05, 0.1) is 11.4 Å². The number of nitrogen functional groups attached to an aromatic ring is 1. The molecule has 0 aliphatic rings. The molecule has 0 bridgehead atoms. The summed E-state index contributed by atoms with van der Waals surface area (Å²) in [5, 5.41) is 6.77. The number of anilines is 1. The van der Waals surface area contributed by atoms with Crippen LogP contribution in [-0.2, 0) is 7.05 Å². The van der Waals surface area contributed by atoms with E-state index >= 15 is 0 Å². The SMILES string of the molecule is Cc1cc(-c2csc(N)n2)n(C)n1. The molecule has 0 radical (unpaired) electrons. The van der Waals surface area contributed by atoms with Gasteiger partial charge in [0.15, 0.2) is 5.13 Å². The first-order chi connectivity index (χ1) is 6.16. The molecular formula is C8H10N4S. The predicted octanol–water partition coefficient (Wildman–Crippen LogP) is 1.43. The molecule has 2 aromatic heterocycles. The Hall–Kier alpha value is -1.36. The van der Waals surface area contributed by atoms with Crippen LogP contribution in [0.3, 0.4) is 0 Å². The number of rotatable bonds is 1. The van der Waals surface area contributed by atoms with Gasteiger partial charge in [0.25, 0.3) is 0 Å². The highest BCUT2D eigenvalue weighted by Gasteiger charge is 2.07. The summed E-state index contributed by atoms with van der Waals surface area (Å²) in [5.74, 6) is 0. The van der Waals surface area contributed by atoms with Crippen LogP contribution in [0.5, 0.6) is 0 Å². The van der Waals surface area contributed by atoms with Crippen molar-refractivity contribution in [3.8, 4) is 11.4 Å². The average molecular weight is 194 g/mol. The molecule has 0 aliphatic heterocycles. The summed E-state index contributed by atoms with van der Waals surface area (Å²) >= 11 is 1.44. The molecule has 0 saturated carbocycles. The van der Waals surface area contributed by atoms with E-state index in [1.54, 1.807) is 0 Å². The van der Waals surface area contributed by atoms with Gasteiger partial charge in [0.1, 0.15) is 5.69 Å². The number of hydrogen-bond acceptors (Lipinski definition) is 4. The molecule has 0 unspecified atom stereocenters. The maximum absolute atomic E-state index is 5.55. The van der Waals surface area contributed by atoms with Crippen LogP contribution < -0.4 is 5.73 Å². The van der Waals surface area contributed by atoms with Crippen molar-refractivity contribution in [2.75, 3.05) is 5.73 Å². The van der Waals surface area contributed by atoms with Crippen molar-refractivity contribution >= 4 is 16.5 Å². The van der Waals surface area contributed by atoms with Crippen LogP contribution in [0.1, 0.15) is 5.69 Å². The Morgan fingerprint density at radius 2 is 2.31 bits per heavy atom. The van der Waals surface area contributed by atoms with Gasteiger partial charge in [-0.1, -0.05) is 0 Å². The molecule has 4 nitrogen and oxygen atoms in total. The van der Waals surface area contributed by atoms with Crippen LogP contribution in [0.15, 0.2) is 11.4 Å². The number of aromatic nitrogens is 3. The first-order valence-electron chi connectivity index (χ1n) is 3.89. The van der Waals surface area contributed by atoms with Gasteiger partial charge < -0.3 is 5.73 Å². The molecule has 5 heteroatoms. The zero-order valence-electron chi connectivity index (χ0n) is 7.48. The van der Waals surface area contributed by atoms with E-state index in [1.807, 2.05) is 30.1 Å². The largest absolute Gasteiger partial charge is 0.375 e. The van der Waals surface area contributed by atoms with Gasteiger partial charge in [0.2, 0.25) is 0 Å². The van der Waals surface area contributed by atoms with Gasteiger partial charge in [-0.2, -0.15) is 5.10 Å². The smallest absolute Gasteiger partial charge is 0.180 e. The molecule has 0 amide bonds. The third kappa shape index (κ3) is 1.42. The number of nitrogens with zero attached hydrogens (tertiary/aromatic N) is 3. The summed E-state index contributed by atoms with van der Waals surface area (Å²) in [5.41, 5.74) is 8.44. The van der Waals surface area contributed by atoms with Crippen LogP contribution in [0, 0.1) is 6.92 Å². The minimum absolute atomic E-state index is 0.592. The molecule has 2 rings (SSSR count). The Morgan fingerprint density at radius 1 is 1.54 bits per heavy atom. The second-order valence-electron chi connectivity index (χ2n) is 2.87. The Bertz CT molecular complexity index is 429. The van der Waals surface area contributed by atoms with E-state index in [1.165, 1.54) is 11.3 Å². The molecule has 0 saturated heterocycles. The third-order valence-corrected chi connectivity index (χ3v) is 2.46. The zero-order valence-corrected chi connectivity index (χ0v) is 8.30. The molecule has 0 atom stereocenters. The van der Waals surface area contributed by atoms with Gasteiger partial charge in [-0.25, -0.2) is 4.98 Å². The lowest BCUT2D eigenvalue weighted by atomic mass is 10.3. The highest BCUT2D eigenvalue weighted by atomic mass is 32.1. The zero-order chi connectivity index (χ0) is 9.42. The summed E-state index contributed by atoms with van der Waals surface area (Å²) in [6.45, 7) is 1.96. The number of aryl methyl sites for hydroxylation is 2. The van der Waals surface area contributed by atoms with E-state index in [2.05, 4.69) is 10.1 Å². The summed E-state index contributed by atoms with van der Waals surface area (Å²) in [6, 6.07) is 1.99. The van der Waals surface area contributed by atoms with E-state index in [0.29, 0.717) is 5.13 Å². The van der Waals surface area contributed by atoms with Gasteiger partial charge in [0, 0.05) is 12.4 Å².